The molecule has 0 radical (unpaired) electrons. The van der Waals surface area contributed by atoms with Crippen LogP contribution in [0, 0.1) is 0 Å². The molecule has 90 valence electrons. The number of aryl methyl sites for hydroxylation is 2. The van der Waals surface area contributed by atoms with Gasteiger partial charge in [0.1, 0.15) is 5.76 Å². The van der Waals surface area contributed by atoms with Crippen molar-refractivity contribution in [1.82, 2.24) is 0 Å². The highest BCUT2D eigenvalue weighted by molar-refractivity contribution is 5.27. The summed E-state index contributed by atoms with van der Waals surface area (Å²) in [5.74, 6) is 1.06. The van der Waals surface area contributed by atoms with Crippen molar-refractivity contribution in [2.45, 2.75) is 39.0 Å². The minimum atomic E-state index is 0.236. The molecule has 1 nitrogen and oxygen atoms in total. The maximum Gasteiger partial charge on any atom is 0.104 e. The van der Waals surface area contributed by atoms with Gasteiger partial charge in [-0.25, -0.2) is 0 Å². The molecular weight excluding hydrogens is 208 g/mol. The molecule has 1 aromatic carbocycles. The molecule has 0 amide bonds. The number of furan rings is 1. The molecule has 0 aliphatic rings. The third kappa shape index (κ3) is 3.23. The van der Waals surface area contributed by atoms with E-state index in [0.29, 0.717) is 0 Å². The summed E-state index contributed by atoms with van der Waals surface area (Å²) in [4.78, 5) is 0. The Bertz CT molecular complexity index is 443. The highest BCUT2D eigenvalue weighted by Crippen LogP contribution is 2.22. The van der Waals surface area contributed by atoms with Gasteiger partial charge in [0.15, 0.2) is 0 Å². The molecule has 2 rings (SSSR count). The molecule has 0 atom stereocenters. The van der Waals surface area contributed by atoms with Crippen molar-refractivity contribution in [1.29, 1.82) is 0 Å². The Morgan fingerprint density at radius 2 is 1.65 bits per heavy atom. The molecule has 1 aromatic heterocycles. The largest absolute Gasteiger partial charge is 0.469 e. The molecule has 0 bridgehead atoms. The van der Waals surface area contributed by atoms with Crippen LogP contribution in [-0.4, -0.2) is 0 Å². The molecule has 0 aliphatic heterocycles. The van der Waals surface area contributed by atoms with Gasteiger partial charge in [0.05, 0.1) is 6.26 Å². The minimum Gasteiger partial charge on any atom is -0.469 e. The highest BCUT2D eigenvalue weighted by atomic mass is 16.3. The van der Waals surface area contributed by atoms with Crippen LogP contribution in [0.2, 0.25) is 0 Å². The van der Waals surface area contributed by atoms with Gasteiger partial charge in [-0.15, -0.1) is 0 Å². The first-order valence-electron chi connectivity index (χ1n) is 6.17. The minimum absolute atomic E-state index is 0.236. The molecular formula is C16H20O. The first-order chi connectivity index (χ1) is 8.05. The highest BCUT2D eigenvalue weighted by Gasteiger charge is 2.12. The third-order valence-corrected chi connectivity index (χ3v) is 3.06. The molecule has 0 fully saturated rings. The lowest BCUT2D eigenvalue weighted by atomic mass is 9.86. The Morgan fingerprint density at radius 1 is 0.941 bits per heavy atom. The van der Waals surface area contributed by atoms with Crippen LogP contribution in [0.15, 0.2) is 47.1 Å². The SMILES string of the molecule is CC(C)(C)c1ccc(CCc2ccco2)cc1. The van der Waals surface area contributed by atoms with Crippen LogP contribution in [0.1, 0.15) is 37.7 Å². The van der Waals surface area contributed by atoms with Crippen molar-refractivity contribution in [2.24, 2.45) is 0 Å². The molecule has 0 spiro atoms. The normalized spacial score (nSPS) is 11.7. The Balaban J connectivity index is 1.99. The van der Waals surface area contributed by atoms with E-state index in [-0.39, 0.29) is 5.41 Å². The zero-order chi connectivity index (χ0) is 12.3. The fourth-order valence-corrected chi connectivity index (χ4v) is 1.89. The monoisotopic (exact) mass is 228 g/mol. The van der Waals surface area contributed by atoms with Crippen molar-refractivity contribution in [3.05, 3.63) is 59.5 Å². The lowest BCUT2D eigenvalue weighted by Crippen LogP contribution is -2.10. The van der Waals surface area contributed by atoms with Crippen molar-refractivity contribution < 1.29 is 4.42 Å². The summed E-state index contributed by atoms with van der Waals surface area (Å²) >= 11 is 0. The van der Waals surface area contributed by atoms with Crippen LogP contribution in [0.5, 0.6) is 0 Å². The van der Waals surface area contributed by atoms with Crippen molar-refractivity contribution in [2.75, 3.05) is 0 Å². The van der Waals surface area contributed by atoms with Crippen molar-refractivity contribution in [3.63, 3.8) is 0 Å². The fraction of sp³-hybridized carbons (Fsp3) is 0.375. The molecule has 17 heavy (non-hydrogen) atoms. The van der Waals surface area contributed by atoms with E-state index in [2.05, 4.69) is 45.0 Å². The predicted molar refractivity (Wildman–Crippen MR) is 71.3 cm³/mol. The summed E-state index contributed by atoms with van der Waals surface area (Å²) in [5, 5.41) is 0. The second-order valence-corrected chi connectivity index (χ2v) is 5.53. The zero-order valence-corrected chi connectivity index (χ0v) is 10.9. The van der Waals surface area contributed by atoms with E-state index in [4.69, 9.17) is 4.42 Å². The standard InChI is InChI=1S/C16H20O/c1-16(2,3)14-9-6-13(7-10-14)8-11-15-5-4-12-17-15/h4-7,9-10,12H,8,11H2,1-3H3. The van der Waals surface area contributed by atoms with Gasteiger partial charge in [-0.05, 0) is 35.1 Å². The topological polar surface area (TPSA) is 13.1 Å². The number of hydrogen-bond acceptors (Lipinski definition) is 1. The van der Waals surface area contributed by atoms with Crippen LogP contribution in [-0.2, 0) is 18.3 Å². The summed E-state index contributed by atoms with van der Waals surface area (Å²) in [7, 11) is 0. The Morgan fingerprint density at radius 3 is 2.18 bits per heavy atom. The molecule has 0 unspecified atom stereocenters. The fourth-order valence-electron chi connectivity index (χ4n) is 1.89. The zero-order valence-electron chi connectivity index (χ0n) is 10.9. The maximum absolute atomic E-state index is 5.33. The van der Waals surface area contributed by atoms with Gasteiger partial charge >= 0.3 is 0 Å². The van der Waals surface area contributed by atoms with Crippen LogP contribution < -0.4 is 0 Å². The van der Waals surface area contributed by atoms with Gasteiger partial charge < -0.3 is 4.42 Å². The quantitative estimate of drug-likeness (QED) is 0.760. The van der Waals surface area contributed by atoms with Gasteiger partial charge in [0.2, 0.25) is 0 Å². The van der Waals surface area contributed by atoms with Gasteiger partial charge in [-0.3, -0.25) is 0 Å². The summed E-state index contributed by atoms with van der Waals surface area (Å²) < 4.78 is 5.33. The van der Waals surface area contributed by atoms with Crippen LogP contribution in [0.4, 0.5) is 0 Å². The summed E-state index contributed by atoms with van der Waals surface area (Å²) in [6.07, 6.45) is 3.75. The van der Waals surface area contributed by atoms with E-state index < -0.39 is 0 Å². The average Bonchev–Trinajstić information content (AvgIpc) is 2.78. The van der Waals surface area contributed by atoms with E-state index in [9.17, 15) is 0 Å². The van der Waals surface area contributed by atoms with Crippen molar-refractivity contribution in [3.8, 4) is 0 Å². The predicted octanol–water partition coefficient (Wildman–Crippen LogP) is 4.36. The summed E-state index contributed by atoms with van der Waals surface area (Å²) in [5.41, 5.74) is 2.99. The van der Waals surface area contributed by atoms with E-state index in [1.54, 1.807) is 6.26 Å². The van der Waals surface area contributed by atoms with Crippen LogP contribution >= 0.6 is 0 Å². The van der Waals surface area contributed by atoms with E-state index in [0.717, 1.165) is 18.6 Å². The second-order valence-electron chi connectivity index (χ2n) is 5.53. The third-order valence-electron chi connectivity index (χ3n) is 3.06. The van der Waals surface area contributed by atoms with E-state index in [1.807, 2.05) is 12.1 Å². The Kier molecular flexibility index (Phi) is 3.37. The number of hydrogen-bond donors (Lipinski definition) is 0. The molecule has 0 N–H and O–H groups in total. The molecule has 0 saturated heterocycles. The Hall–Kier alpha value is -1.50. The van der Waals surface area contributed by atoms with Gasteiger partial charge in [0, 0.05) is 6.42 Å². The van der Waals surface area contributed by atoms with E-state index >= 15 is 0 Å². The van der Waals surface area contributed by atoms with E-state index in [1.165, 1.54) is 11.1 Å². The molecule has 1 heterocycles. The summed E-state index contributed by atoms with van der Waals surface area (Å²) in [6, 6.07) is 12.9. The average molecular weight is 228 g/mol. The maximum atomic E-state index is 5.33. The van der Waals surface area contributed by atoms with Gasteiger partial charge in [-0.1, -0.05) is 45.0 Å². The molecule has 2 aromatic rings. The smallest absolute Gasteiger partial charge is 0.104 e. The van der Waals surface area contributed by atoms with Crippen LogP contribution in [0.25, 0.3) is 0 Å². The first-order valence-corrected chi connectivity index (χ1v) is 6.17. The molecule has 0 saturated carbocycles. The first kappa shape index (κ1) is 12.0. The summed E-state index contributed by atoms with van der Waals surface area (Å²) in [6.45, 7) is 6.72. The number of rotatable bonds is 3. The van der Waals surface area contributed by atoms with Crippen molar-refractivity contribution >= 4 is 0 Å². The molecule has 1 heteroatoms. The number of benzene rings is 1. The second kappa shape index (κ2) is 4.79. The molecule has 0 aliphatic carbocycles. The van der Waals surface area contributed by atoms with Gasteiger partial charge in [-0.2, -0.15) is 0 Å². The van der Waals surface area contributed by atoms with Crippen LogP contribution in [0.3, 0.4) is 0 Å². The Labute approximate surface area is 103 Å². The van der Waals surface area contributed by atoms with Gasteiger partial charge in [0.25, 0.3) is 0 Å². The lowest BCUT2D eigenvalue weighted by molar-refractivity contribution is 0.508. The lowest BCUT2D eigenvalue weighted by Gasteiger charge is -2.19.